The molecule has 10 nitrogen and oxygen atoms in total. The lowest BCUT2D eigenvalue weighted by Gasteiger charge is -2.35. The van der Waals surface area contributed by atoms with Crippen LogP contribution in [-0.2, 0) is 31.6 Å². The van der Waals surface area contributed by atoms with Crippen LogP contribution in [0.1, 0.15) is 25.3 Å². The molecule has 43 heavy (non-hydrogen) atoms. The number of sulfonamides is 1. The number of rotatable bonds is 9. The van der Waals surface area contributed by atoms with Crippen molar-refractivity contribution in [1.82, 2.24) is 23.7 Å². The molecule has 1 aromatic heterocycles. The first-order chi connectivity index (χ1) is 20.3. The van der Waals surface area contributed by atoms with Crippen molar-refractivity contribution in [2.24, 2.45) is 0 Å². The van der Waals surface area contributed by atoms with Gasteiger partial charge in [-0.2, -0.15) is 4.31 Å². The number of piperazine rings is 1. The van der Waals surface area contributed by atoms with Gasteiger partial charge < -0.3 is 9.80 Å². The van der Waals surface area contributed by atoms with Gasteiger partial charge >= 0.3 is 0 Å². The number of fused-ring (bicyclic) bond motifs is 1. The van der Waals surface area contributed by atoms with Gasteiger partial charge in [0, 0.05) is 53.5 Å². The molecular formula is C29H33BrCl2N6O4S. The molecule has 14 heteroatoms. The average molecular weight is 712 g/mol. The fourth-order valence-electron chi connectivity index (χ4n) is 5.63. The van der Waals surface area contributed by atoms with E-state index in [1.807, 2.05) is 43.3 Å². The molecule has 2 aliphatic heterocycles. The molecule has 1 saturated heterocycles. The van der Waals surface area contributed by atoms with Crippen LogP contribution in [0.25, 0.3) is 0 Å². The van der Waals surface area contributed by atoms with Gasteiger partial charge in [0.15, 0.2) is 5.03 Å². The summed E-state index contributed by atoms with van der Waals surface area (Å²) in [6.45, 7) is 3.41. The predicted octanol–water partition coefficient (Wildman–Crippen LogP) is 4.76. The summed E-state index contributed by atoms with van der Waals surface area (Å²) in [5.41, 5.74) is -0.102. The largest absolute Gasteiger partial charge is 0.340 e. The molecule has 0 aliphatic carbocycles. The standard InChI is InChI=1S/C29H33BrCl2N6O4S/c1-29(18-20-6-8-21(30)9-7-20)27(40)37(24-16-22(31)15-23(32)17-24)28-33-19-26(38(28)29)43(41,42)36-13-11-35(12-14-36)25(39)5-4-10-34(2)3/h6-9,15-17,19H,4-5,10-14,18H2,1-3H3/t29-/m1/s1. The first-order valence-electron chi connectivity index (χ1n) is 13.9. The highest BCUT2D eigenvalue weighted by Gasteiger charge is 2.52. The van der Waals surface area contributed by atoms with Crippen molar-refractivity contribution >= 4 is 72.6 Å². The molecule has 0 unspecified atom stereocenters. The van der Waals surface area contributed by atoms with Crippen LogP contribution < -0.4 is 4.90 Å². The summed E-state index contributed by atoms with van der Waals surface area (Å²) in [6.07, 6.45) is 2.67. The molecule has 0 N–H and O–H groups in total. The molecule has 0 saturated carbocycles. The van der Waals surface area contributed by atoms with E-state index in [1.54, 1.807) is 30.0 Å². The highest BCUT2D eigenvalue weighted by Crippen LogP contribution is 2.45. The van der Waals surface area contributed by atoms with Gasteiger partial charge in [-0.05, 0) is 69.9 Å². The summed E-state index contributed by atoms with van der Waals surface area (Å²) in [6, 6.07) is 12.3. The lowest BCUT2D eigenvalue weighted by molar-refractivity contribution is -0.132. The zero-order valence-corrected chi connectivity index (χ0v) is 28.0. The number of carbonyl (C=O) groups is 2. The van der Waals surface area contributed by atoms with Crippen molar-refractivity contribution in [2.45, 2.75) is 36.8 Å². The lowest BCUT2D eigenvalue weighted by atomic mass is 9.92. The van der Waals surface area contributed by atoms with E-state index >= 15 is 0 Å². The number of carbonyl (C=O) groups excluding carboxylic acids is 2. The highest BCUT2D eigenvalue weighted by atomic mass is 79.9. The molecular weight excluding hydrogens is 679 g/mol. The highest BCUT2D eigenvalue weighted by molar-refractivity contribution is 9.10. The van der Waals surface area contributed by atoms with Gasteiger partial charge in [0.2, 0.25) is 11.9 Å². The summed E-state index contributed by atoms with van der Waals surface area (Å²) in [5, 5.41) is 0.575. The second-order valence-electron chi connectivity index (χ2n) is 11.3. The number of hydrogen-bond donors (Lipinski definition) is 0. The number of amides is 2. The number of benzene rings is 2. The first kappa shape index (κ1) is 31.9. The van der Waals surface area contributed by atoms with Gasteiger partial charge in [-0.15, -0.1) is 0 Å². The van der Waals surface area contributed by atoms with Crippen LogP contribution in [0, 0.1) is 0 Å². The molecule has 2 aliphatic rings. The molecule has 0 spiro atoms. The van der Waals surface area contributed by atoms with E-state index in [-0.39, 0.29) is 42.3 Å². The van der Waals surface area contributed by atoms with E-state index in [1.165, 1.54) is 20.0 Å². The topological polar surface area (TPSA) is 99.1 Å². The normalized spacial score (nSPS) is 19.4. The second kappa shape index (κ2) is 12.5. The first-order valence-corrected chi connectivity index (χ1v) is 16.9. The van der Waals surface area contributed by atoms with Crippen LogP contribution in [0.5, 0.6) is 0 Å². The molecule has 3 heterocycles. The van der Waals surface area contributed by atoms with E-state index in [9.17, 15) is 18.0 Å². The van der Waals surface area contributed by atoms with Crippen LogP contribution in [-0.4, -0.2) is 90.7 Å². The molecule has 1 fully saturated rings. The Balaban J connectivity index is 1.48. The lowest BCUT2D eigenvalue weighted by Crippen LogP contribution is -2.51. The fraction of sp³-hybridized carbons (Fsp3) is 0.414. The number of aromatic nitrogens is 2. The van der Waals surface area contributed by atoms with E-state index in [0.29, 0.717) is 35.2 Å². The predicted molar refractivity (Wildman–Crippen MR) is 170 cm³/mol. The molecule has 2 amide bonds. The maximum absolute atomic E-state index is 14.3. The van der Waals surface area contributed by atoms with E-state index in [2.05, 4.69) is 20.9 Å². The maximum Gasteiger partial charge on any atom is 0.260 e. The Morgan fingerprint density at radius 1 is 1.05 bits per heavy atom. The number of anilines is 2. The molecule has 0 bridgehead atoms. The maximum atomic E-state index is 14.3. The van der Waals surface area contributed by atoms with Crippen LogP contribution in [0.15, 0.2) is 58.2 Å². The molecule has 0 radical (unpaired) electrons. The van der Waals surface area contributed by atoms with Gasteiger partial charge in [0.25, 0.3) is 15.9 Å². The van der Waals surface area contributed by atoms with Gasteiger partial charge in [0.1, 0.15) is 5.54 Å². The minimum atomic E-state index is -4.09. The Morgan fingerprint density at radius 3 is 2.28 bits per heavy atom. The summed E-state index contributed by atoms with van der Waals surface area (Å²) < 4.78 is 32.1. The minimum Gasteiger partial charge on any atom is -0.340 e. The van der Waals surface area contributed by atoms with Crippen molar-refractivity contribution < 1.29 is 18.0 Å². The number of hydrogen-bond acceptors (Lipinski definition) is 6. The monoisotopic (exact) mass is 710 g/mol. The molecule has 2 aromatic carbocycles. The van der Waals surface area contributed by atoms with Crippen molar-refractivity contribution in [3.8, 4) is 0 Å². The summed E-state index contributed by atoms with van der Waals surface area (Å²) in [7, 11) is -0.165. The van der Waals surface area contributed by atoms with Crippen molar-refractivity contribution in [3.63, 3.8) is 0 Å². The van der Waals surface area contributed by atoms with Crippen LogP contribution in [0.3, 0.4) is 0 Å². The zero-order chi connectivity index (χ0) is 31.1. The third-order valence-corrected chi connectivity index (χ3v) is 10.7. The second-order valence-corrected chi connectivity index (χ2v) is 14.9. The van der Waals surface area contributed by atoms with Gasteiger partial charge in [-0.25, -0.2) is 18.3 Å². The Bertz CT molecular complexity index is 1620. The Labute approximate surface area is 270 Å². The SMILES string of the molecule is CN(C)CCCC(=O)N1CCN(S(=O)(=O)c2cnc3n2[C@](C)(Cc2ccc(Br)cc2)C(=O)N3c2cc(Cl)cc(Cl)c2)CC1. The van der Waals surface area contributed by atoms with Crippen molar-refractivity contribution in [2.75, 3.05) is 51.7 Å². The molecule has 5 rings (SSSR count). The van der Waals surface area contributed by atoms with E-state index in [4.69, 9.17) is 23.2 Å². The quantitative estimate of drug-likeness (QED) is 0.318. The van der Waals surface area contributed by atoms with Crippen LogP contribution in [0.4, 0.5) is 11.6 Å². The van der Waals surface area contributed by atoms with Gasteiger partial charge in [-0.1, -0.05) is 51.3 Å². The van der Waals surface area contributed by atoms with Crippen LogP contribution >= 0.6 is 39.1 Å². The summed E-state index contributed by atoms with van der Waals surface area (Å²) >= 11 is 16.0. The Hall–Kier alpha value is -2.48. The number of imidazole rings is 1. The molecule has 3 aromatic rings. The number of nitrogens with zero attached hydrogens (tertiary/aromatic N) is 6. The molecule has 230 valence electrons. The van der Waals surface area contributed by atoms with Crippen molar-refractivity contribution in [1.29, 1.82) is 0 Å². The zero-order valence-electron chi connectivity index (χ0n) is 24.1. The van der Waals surface area contributed by atoms with Gasteiger partial charge in [0.05, 0.1) is 11.9 Å². The third-order valence-electron chi connectivity index (χ3n) is 7.83. The summed E-state index contributed by atoms with van der Waals surface area (Å²) in [4.78, 5) is 36.6. The molecule has 1 atom stereocenters. The average Bonchev–Trinajstić information content (AvgIpc) is 3.47. The van der Waals surface area contributed by atoms with E-state index in [0.717, 1.165) is 23.0 Å². The minimum absolute atomic E-state index is 0.0210. The Morgan fingerprint density at radius 2 is 1.67 bits per heavy atom. The van der Waals surface area contributed by atoms with E-state index < -0.39 is 15.6 Å². The number of halogens is 3. The summed E-state index contributed by atoms with van der Waals surface area (Å²) in [5.74, 6) is -0.176. The van der Waals surface area contributed by atoms with Crippen molar-refractivity contribution in [3.05, 3.63) is 68.7 Å². The smallest absolute Gasteiger partial charge is 0.260 e. The van der Waals surface area contributed by atoms with Gasteiger partial charge in [-0.3, -0.25) is 14.2 Å². The van der Waals surface area contributed by atoms with Crippen LogP contribution in [0.2, 0.25) is 10.0 Å². The fourth-order valence-corrected chi connectivity index (χ4v) is 8.02. The Kier molecular flexibility index (Phi) is 9.27. The third kappa shape index (κ3) is 6.36.